The van der Waals surface area contributed by atoms with Crippen molar-refractivity contribution in [2.75, 3.05) is 0 Å². The first-order valence-corrected chi connectivity index (χ1v) is 17.1. The largest absolute Gasteiger partial charge is 0.376 e. The highest BCUT2D eigenvalue weighted by Gasteiger charge is 2.36. The number of aromatic nitrogens is 2. The first-order chi connectivity index (χ1) is 24.3. The molecule has 3 heteroatoms. The van der Waals surface area contributed by atoms with Gasteiger partial charge in [0.05, 0.1) is 11.0 Å². The number of hydrogen-bond donors (Lipinski definition) is 0. The Morgan fingerprint density at radius 3 is 1.63 bits per heavy atom. The normalized spacial score (nSPS) is 12.4. The summed E-state index contributed by atoms with van der Waals surface area (Å²) in [6.45, 7) is -0.0443. The van der Waals surface area contributed by atoms with E-state index in [1.807, 2.05) is 0 Å². The van der Waals surface area contributed by atoms with Gasteiger partial charge in [-0.25, -0.2) is 0 Å². The summed E-state index contributed by atoms with van der Waals surface area (Å²) in [6.07, 6.45) is 0. The molecule has 0 N–H and O–H groups in total. The summed E-state index contributed by atoms with van der Waals surface area (Å²) >= 11 is 0. The molecule has 49 heavy (non-hydrogen) atoms. The van der Waals surface area contributed by atoms with E-state index in [0.717, 1.165) is 0 Å². The molecule has 0 saturated carbocycles. The van der Waals surface area contributed by atoms with Gasteiger partial charge in [0.25, 0.3) is 0 Å². The molecular weight excluding hydrogens is 591 g/mol. The maximum atomic E-state index is 2.65. The zero-order chi connectivity index (χ0) is 32.1. The van der Waals surface area contributed by atoms with Crippen LogP contribution in [-0.4, -0.2) is 15.9 Å². The Kier molecular flexibility index (Phi) is 5.50. The van der Waals surface area contributed by atoms with E-state index in [1.165, 1.54) is 93.3 Å². The van der Waals surface area contributed by atoms with Crippen LogP contribution >= 0.6 is 0 Å². The molecule has 0 radical (unpaired) electrons. The minimum absolute atomic E-state index is 0.0443. The van der Waals surface area contributed by atoms with Gasteiger partial charge in [0.1, 0.15) is 0 Å². The van der Waals surface area contributed by atoms with Gasteiger partial charge >= 0.3 is 6.85 Å². The van der Waals surface area contributed by atoms with E-state index in [9.17, 15) is 0 Å². The van der Waals surface area contributed by atoms with Gasteiger partial charge in [0, 0.05) is 38.3 Å². The Hall–Kier alpha value is -6.32. The second-order valence-electron chi connectivity index (χ2n) is 13.3. The van der Waals surface area contributed by atoms with Gasteiger partial charge in [0.2, 0.25) is 0 Å². The van der Waals surface area contributed by atoms with Crippen LogP contribution in [0.25, 0.3) is 82.3 Å². The number of para-hydroxylation sites is 2. The summed E-state index contributed by atoms with van der Waals surface area (Å²) in [5.74, 6) is 0. The number of fused-ring (bicyclic) bond motifs is 10. The molecular formula is C46H29BN2. The van der Waals surface area contributed by atoms with E-state index in [2.05, 4.69) is 185 Å². The van der Waals surface area contributed by atoms with E-state index >= 15 is 0 Å². The number of benzene rings is 8. The lowest BCUT2D eigenvalue weighted by Crippen LogP contribution is -2.53. The van der Waals surface area contributed by atoms with Gasteiger partial charge in [-0.1, -0.05) is 152 Å². The summed E-state index contributed by atoms with van der Waals surface area (Å²) in [7, 11) is 0. The van der Waals surface area contributed by atoms with Crippen LogP contribution in [-0.2, 0) is 0 Å². The second kappa shape index (κ2) is 10.1. The number of rotatable bonds is 3. The molecule has 0 aliphatic carbocycles. The van der Waals surface area contributed by atoms with Crippen molar-refractivity contribution < 1.29 is 0 Å². The Balaban J connectivity index is 1.33. The minimum atomic E-state index is -0.0443. The minimum Gasteiger partial charge on any atom is -0.376 e. The molecule has 11 rings (SSSR count). The van der Waals surface area contributed by atoms with Crippen molar-refractivity contribution in [1.82, 2.24) is 9.05 Å². The van der Waals surface area contributed by atoms with Crippen molar-refractivity contribution in [2.45, 2.75) is 0 Å². The third-order valence-corrected chi connectivity index (χ3v) is 10.7. The van der Waals surface area contributed by atoms with Crippen LogP contribution in [0.4, 0.5) is 0 Å². The third-order valence-electron chi connectivity index (χ3n) is 10.7. The van der Waals surface area contributed by atoms with Crippen molar-refractivity contribution in [3.8, 4) is 27.9 Å². The standard InChI is InChI=1S/C46H29BN2/c1-3-13-30(14-4-1)32-23-25-36-37-26-24-33(31-15-5-2-6-16-31)29-44(37)49(43(36)28-32)47-39-20-10-12-22-42(39)48-41-21-11-9-19-38(41)45-35-18-8-7-17-34(35)27-40(47)46(45)48/h1-29H. The molecule has 0 atom stereocenters. The highest BCUT2D eigenvalue weighted by Crippen LogP contribution is 2.40. The molecule has 226 valence electrons. The van der Waals surface area contributed by atoms with E-state index in [1.54, 1.807) is 0 Å². The molecule has 1 aliphatic heterocycles. The van der Waals surface area contributed by atoms with Gasteiger partial charge in [-0.05, 0) is 68.2 Å². The lowest BCUT2D eigenvalue weighted by Gasteiger charge is -2.29. The predicted octanol–water partition coefficient (Wildman–Crippen LogP) is 10.3. The summed E-state index contributed by atoms with van der Waals surface area (Å²) < 4.78 is 5.17. The van der Waals surface area contributed by atoms with E-state index < -0.39 is 0 Å². The fourth-order valence-corrected chi connectivity index (χ4v) is 8.64. The van der Waals surface area contributed by atoms with Crippen LogP contribution in [0.5, 0.6) is 0 Å². The van der Waals surface area contributed by atoms with E-state index in [-0.39, 0.29) is 6.85 Å². The zero-order valence-corrected chi connectivity index (χ0v) is 26.7. The highest BCUT2D eigenvalue weighted by atomic mass is 15.0. The topological polar surface area (TPSA) is 9.86 Å². The molecule has 0 saturated heterocycles. The van der Waals surface area contributed by atoms with Gasteiger partial charge in [-0.15, -0.1) is 0 Å². The molecule has 3 heterocycles. The Bertz CT molecular complexity index is 2840. The molecule has 1 aliphatic rings. The van der Waals surface area contributed by atoms with Crippen molar-refractivity contribution in [1.29, 1.82) is 0 Å². The monoisotopic (exact) mass is 620 g/mol. The van der Waals surface area contributed by atoms with Crippen molar-refractivity contribution in [3.05, 3.63) is 176 Å². The zero-order valence-electron chi connectivity index (χ0n) is 26.7. The third kappa shape index (κ3) is 3.73. The average Bonchev–Trinajstić information content (AvgIpc) is 3.69. The van der Waals surface area contributed by atoms with Gasteiger partial charge in [0.15, 0.2) is 0 Å². The van der Waals surface area contributed by atoms with E-state index in [4.69, 9.17) is 0 Å². The predicted molar refractivity (Wildman–Crippen MR) is 209 cm³/mol. The van der Waals surface area contributed by atoms with Crippen molar-refractivity contribution in [3.63, 3.8) is 0 Å². The lowest BCUT2D eigenvalue weighted by molar-refractivity contribution is 1.18. The Morgan fingerprint density at radius 2 is 0.939 bits per heavy atom. The maximum Gasteiger partial charge on any atom is 0.332 e. The summed E-state index contributed by atoms with van der Waals surface area (Å²) in [5, 5.41) is 7.75. The Labute approximate surface area is 284 Å². The quantitative estimate of drug-likeness (QED) is 0.174. The average molecular weight is 621 g/mol. The Morgan fingerprint density at radius 1 is 0.367 bits per heavy atom. The fourth-order valence-electron chi connectivity index (χ4n) is 8.64. The van der Waals surface area contributed by atoms with Gasteiger partial charge < -0.3 is 9.05 Å². The highest BCUT2D eigenvalue weighted by molar-refractivity contribution is 6.88. The van der Waals surface area contributed by atoms with Crippen molar-refractivity contribution in [2.24, 2.45) is 0 Å². The molecule has 0 spiro atoms. The first kappa shape index (κ1) is 26.7. The molecule has 0 amide bonds. The molecule has 0 bridgehead atoms. The molecule has 2 aromatic heterocycles. The van der Waals surface area contributed by atoms with E-state index in [0.29, 0.717) is 0 Å². The van der Waals surface area contributed by atoms with Crippen LogP contribution < -0.4 is 10.9 Å². The smallest absolute Gasteiger partial charge is 0.332 e. The van der Waals surface area contributed by atoms with Crippen LogP contribution in [0.15, 0.2) is 176 Å². The fraction of sp³-hybridized carbons (Fsp3) is 0. The summed E-state index contributed by atoms with van der Waals surface area (Å²) in [5.41, 5.74) is 13.8. The van der Waals surface area contributed by atoms with Crippen LogP contribution in [0.1, 0.15) is 0 Å². The molecule has 0 unspecified atom stereocenters. The molecule has 0 fully saturated rings. The van der Waals surface area contributed by atoms with Crippen molar-refractivity contribution >= 4 is 72.2 Å². The van der Waals surface area contributed by atoms with Gasteiger partial charge in [-0.3, -0.25) is 0 Å². The first-order valence-electron chi connectivity index (χ1n) is 17.1. The summed E-state index contributed by atoms with van der Waals surface area (Å²) in [4.78, 5) is 0. The number of hydrogen-bond acceptors (Lipinski definition) is 0. The van der Waals surface area contributed by atoms with Crippen LogP contribution in [0.2, 0.25) is 0 Å². The molecule has 2 nitrogen and oxygen atoms in total. The maximum absolute atomic E-state index is 2.65. The molecule has 10 aromatic rings. The SMILES string of the molecule is c1ccc(-c2ccc3c4ccc(-c5ccccc5)cc4n(B4c5ccccc5-n5c6ccccc6c6c7ccccc7cc4c65)c3c2)cc1. The van der Waals surface area contributed by atoms with Gasteiger partial charge in [-0.2, -0.15) is 0 Å². The summed E-state index contributed by atoms with van der Waals surface area (Å²) in [6, 6.07) is 65.0. The molecule has 8 aromatic carbocycles. The van der Waals surface area contributed by atoms with Crippen LogP contribution in [0.3, 0.4) is 0 Å². The number of nitrogens with zero attached hydrogens (tertiary/aromatic N) is 2. The lowest BCUT2D eigenvalue weighted by atomic mass is 9.48. The second-order valence-corrected chi connectivity index (χ2v) is 13.3. The van der Waals surface area contributed by atoms with Crippen LogP contribution in [0, 0.1) is 0 Å².